The number of rotatable bonds is 3. The Labute approximate surface area is 154 Å². The van der Waals surface area contributed by atoms with Crippen LogP contribution in [0.5, 0.6) is 0 Å². The fourth-order valence-corrected chi connectivity index (χ4v) is 7.11. The molecule has 1 unspecified atom stereocenters. The molecule has 0 saturated carbocycles. The van der Waals surface area contributed by atoms with Crippen LogP contribution in [-0.2, 0) is 19.8 Å². The van der Waals surface area contributed by atoms with Crippen molar-refractivity contribution in [3.05, 3.63) is 72.9 Å². The summed E-state index contributed by atoms with van der Waals surface area (Å²) >= 11 is 2.57. The van der Waals surface area contributed by atoms with Crippen molar-refractivity contribution in [1.82, 2.24) is 0 Å². The molecule has 1 aromatic rings. The van der Waals surface area contributed by atoms with Gasteiger partial charge >= 0.3 is 154 Å². The molecule has 0 spiro atoms. The van der Waals surface area contributed by atoms with Gasteiger partial charge in [-0.3, -0.25) is 0 Å². The van der Waals surface area contributed by atoms with Gasteiger partial charge in [-0.2, -0.15) is 0 Å². The molecule has 1 atom stereocenters. The quantitative estimate of drug-likeness (QED) is 0.549. The maximum atomic E-state index is 2.57. The fourth-order valence-electron chi connectivity index (χ4n) is 3.73. The van der Waals surface area contributed by atoms with Crippen molar-refractivity contribution in [3.63, 3.8) is 0 Å². The first-order valence-electron chi connectivity index (χ1n) is 8.36. The summed E-state index contributed by atoms with van der Waals surface area (Å²) < 4.78 is 1.55. The fraction of sp³-hybridized carbons (Fsp3) is 0.333. The standard InChI is InChI=1S/C21H25Si.Pt/c1-13-8-6-10-20(16(13)4)22-21-11-7-9-18(21)19-12-14(2)15(3)17(19)5;/h6-8,10-11,19H,9,22H2,1-5H3;. The van der Waals surface area contributed by atoms with Gasteiger partial charge in [-0.15, -0.1) is 0 Å². The zero-order valence-corrected chi connectivity index (χ0v) is 18.4. The third-order valence-electron chi connectivity index (χ3n) is 5.67. The zero-order valence-electron chi connectivity index (χ0n) is 14.7. The summed E-state index contributed by atoms with van der Waals surface area (Å²) in [6.07, 6.45) is 5.94. The van der Waals surface area contributed by atoms with Crippen molar-refractivity contribution in [2.24, 2.45) is 5.92 Å². The van der Waals surface area contributed by atoms with E-state index in [9.17, 15) is 0 Å². The van der Waals surface area contributed by atoms with Gasteiger partial charge in [0, 0.05) is 0 Å². The summed E-state index contributed by atoms with van der Waals surface area (Å²) in [5, 5.41) is 3.27. The van der Waals surface area contributed by atoms with Crippen LogP contribution in [0, 0.1) is 19.8 Å². The van der Waals surface area contributed by atoms with E-state index in [1.807, 2.05) is 0 Å². The van der Waals surface area contributed by atoms with Crippen LogP contribution in [0.25, 0.3) is 0 Å². The van der Waals surface area contributed by atoms with Crippen LogP contribution in [0.1, 0.15) is 38.3 Å². The second-order valence-electron chi connectivity index (χ2n) is 6.87. The maximum absolute atomic E-state index is 2.57. The molecule has 23 heavy (non-hydrogen) atoms. The second-order valence-corrected chi connectivity index (χ2v) is 9.97. The molecule has 2 aliphatic carbocycles. The molecule has 0 aliphatic heterocycles. The van der Waals surface area contributed by atoms with Crippen molar-refractivity contribution in [2.45, 2.75) is 41.0 Å². The number of hydrogen-bond donors (Lipinski definition) is 0. The van der Waals surface area contributed by atoms with Crippen molar-refractivity contribution in [3.8, 4) is 0 Å². The molecule has 3 rings (SSSR count). The molecule has 0 fully saturated rings. The van der Waals surface area contributed by atoms with E-state index < -0.39 is 9.52 Å². The van der Waals surface area contributed by atoms with Crippen LogP contribution < -0.4 is 5.19 Å². The van der Waals surface area contributed by atoms with Crippen LogP contribution in [-0.4, -0.2) is 9.52 Å². The Bertz CT molecular complexity index is 766. The first kappa shape index (κ1) is 16.9. The number of hydrogen-bond acceptors (Lipinski definition) is 0. The van der Waals surface area contributed by atoms with Gasteiger partial charge in [-0.05, 0) is 0 Å². The minimum absolute atomic E-state index is 0.401. The van der Waals surface area contributed by atoms with Crippen LogP contribution in [0.2, 0.25) is 0 Å². The van der Waals surface area contributed by atoms with Gasteiger partial charge in [0.25, 0.3) is 0 Å². The van der Waals surface area contributed by atoms with Crippen molar-refractivity contribution >= 4 is 14.7 Å². The average molecular weight is 501 g/mol. The summed E-state index contributed by atoms with van der Waals surface area (Å²) in [6, 6.07) is 6.80. The van der Waals surface area contributed by atoms with E-state index in [4.69, 9.17) is 0 Å². The third-order valence-corrected chi connectivity index (χ3v) is 9.40. The predicted octanol–water partition coefficient (Wildman–Crippen LogP) is 4.10. The number of benzene rings is 1. The van der Waals surface area contributed by atoms with Gasteiger partial charge in [0.15, 0.2) is 0 Å². The van der Waals surface area contributed by atoms with Gasteiger partial charge in [-0.25, -0.2) is 0 Å². The van der Waals surface area contributed by atoms with E-state index in [1.165, 1.54) is 22.3 Å². The van der Waals surface area contributed by atoms with Gasteiger partial charge in [0.2, 0.25) is 0 Å². The Hall–Kier alpha value is -0.915. The van der Waals surface area contributed by atoms with Crippen LogP contribution in [0.3, 0.4) is 0 Å². The van der Waals surface area contributed by atoms with Gasteiger partial charge < -0.3 is 0 Å². The molecule has 0 amide bonds. The number of aryl methyl sites for hydroxylation is 1. The monoisotopic (exact) mass is 500 g/mol. The Morgan fingerprint density at radius 1 is 1.04 bits per heavy atom. The molecule has 0 saturated heterocycles. The predicted molar refractivity (Wildman–Crippen MR) is 99.4 cm³/mol. The Kier molecular flexibility index (Phi) is 4.81. The third kappa shape index (κ3) is 2.94. The Balaban J connectivity index is 2.00. The second kappa shape index (κ2) is 6.53. The van der Waals surface area contributed by atoms with Crippen LogP contribution in [0.15, 0.2) is 61.8 Å². The molecule has 2 heteroatoms. The van der Waals surface area contributed by atoms with E-state index in [1.54, 1.807) is 25.5 Å². The topological polar surface area (TPSA) is 0 Å². The van der Waals surface area contributed by atoms with E-state index in [0.717, 1.165) is 6.42 Å². The molecule has 0 nitrogen and oxygen atoms in total. The summed E-state index contributed by atoms with van der Waals surface area (Å²) in [5.74, 6) is 0.555. The van der Waals surface area contributed by atoms with E-state index >= 15 is 0 Å². The molecule has 0 aromatic heterocycles. The summed E-state index contributed by atoms with van der Waals surface area (Å²) in [4.78, 5) is 0. The molecule has 0 N–H and O–H groups in total. The van der Waals surface area contributed by atoms with Gasteiger partial charge in [0.1, 0.15) is 0 Å². The zero-order chi connectivity index (χ0) is 16.7. The molecular formula is C21H25PtSi. The first-order chi connectivity index (χ1) is 10.9. The van der Waals surface area contributed by atoms with Crippen LogP contribution >= 0.6 is 0 Å². The molecule has 2 aliphatic rings. The molecule has 0 bridgehead atoms. The molecule has 1 aromatic carbocycles. The summed E-state index contributed by atoms with van der Waals surface area (Å²) in [7, 11) is -0.401. The molecule has 123 valence electrons. The average Bonchev–Trinajstić information content (AvgIpc) is 3.04. The van der Waals surface area contributed by atoms with E-state index in [-0.39, 0.29) is 0 Å². The summed E-state index contributed by atoms with van der Waals surface area (Å²) in [5.41, 5.74) is 9.18. The Morgan fingerprint density at radius 2 is 1.78 bits per heavy atom. The van der Waals surface area contributed by atoms with E-state index in [0.29, 0.717) is 5.92 Å². The van der Waals surface area contributed by atoms with Crippen molar-refractivity contribution in [2.75, 3.05) is 0 Å². The normalized spacial score (nSPS) is 21.8. The summed E-state index contributed by atoms with van der Waals surface area (Å²) in [6.45, 7) is 11.4. The van der Waals surface area contributed by atoms with Crippen molar-refractivity contribution in [1.29, 1.82) is 0 Å². The van der Waals surface area contributed by atoms with Gasteiger partial charge in [-0.1, -0.05) is 0 Å². The SMILES string of the molecule is CC1=C(C)C(C2=C([SiH2]c3cccc(C)c3C)C=CC2)[C]([Pt])=C1C. The number of allylic oxidation sites excluding steroid dienone is 8. The van der Waals surface area contributed by atoms with E-state index in [2.05, 4.69) is 84.8 Å². The Morgan fingerprint density at radius 3 is 2.43 bits per heavy atom. The molecule has 0 heterocycles. The van der Waals surface area contributed by atoms with Crippen LogP contribution in [0.4, 0.5) is 0 Å². The molecule has 0 radical (unpaired) electrons. The molecular weight excluding hydrogens is 475 g/mol. The van der Waals surface area contributed by atoms with Gasteiger partial charge in [0.05, 0.1) is 0 Å². The first-order valence-corrected chi connectivity index (χ1v) is 10.9. The van der Waals surface area contributed by atoms with Crippen molar-refractivity contribution < 1.29 is 19.8 Å². The minimum atomic E-state index is -0.401.